The minimum absolute atomic E-state index is 0.784. The minimum atomic E-state index is 0.784. The zero-order chi connectivity index (χ0) is 13.7. The molecule has 0 atom stereocenters. The third kappa shape index (κ3) is 4.07. The molecule has 0 aliphatic heterocycles. The van der Waals surface area contributed by atoms with Crippen LogP contribution in [-0.4, -0.2) is 6.54 Å². The summed E-state index contributed by atoms with van der Waals surface area (Å²) in [7, 11) is 0. The van der Waals surface area contributed by atoms with Gasteiger partial charge in [0.15, 0.2) is 0 Å². The van der Waals surface area contributed by atoms with Crippen LogP contribution in [0.2, 0.25) is 5.02 Å². The van der Waals surface area contributed by atoms with E-state index < -0.39 is 0 Å². The van der Waals surface area contributed by atoms with Gasteiger partial charge in [0, 0.05) is 16.0 Å². The number of halogens is 2. The number of hydrogen-bond donors (Lipinski definition) is 1. The van der Waals surface area contributed by atoms with E-state index >= 15 is 0 Å². The zero-order valence-corrected chi connectivity index (χ0v) is 13.3. The molecule has 0 aliphatic rings. The lowest BCUT2D eigenvalue weighted by molar-refractivity contribution is 0.676. The highest BCUT2D eigenvalue weighted by Crippen LogP contribution is 2.28. The standard InChI is InChI=1S/C16H17BrClN/c1-2-8-19-11-13-10-15(18)6-7-16(13)12-4-3-5-14(17)9-12/h3-7,9-10,19H,2,8,11H2,1H3. The SMILES string of the molecule is CCCNCc1cc(Cl)ccc1-c1cccc(Br)c1. The van der Waals surface area contributed by atoms with Crippen LogP contribution in [0.5, 0.6) is 0 Å². The summed E-state index contributed by atoms with van der Waals surface area (Å²) in [5.41, 5.74) is 3.67. The van der Waals surface area contributed by atoms with Crippen LogP contribution >= 0.6 is 27.5 Å². The van der Waals surface area contributed by atoms with Gasteiger partial charge in [0.1, 0.15) is 0 Å². The predicted octanol–water partition coefficient (Wildman–Crippen LogP) is 5.27. The molecule has 1 N–H and O–H groups in total. The highest BCUT2D eigenvalue weighted by molar-refractivity contribution is 9.10. The molecule has 0 aliphatic carbocycles. The van der Waals surface area contributed by atoms with Crippen LogP contribution in [0.4, 0.5) is 0 Å². The van der Waals surface area contributed by atoms with Crippen LogP contribution in [0.15, 0.2) is 46.9 Å². The van der Waals surface area contributed by atoms with Crippen molar-refractivity contribution in [3.63, 3.8) is 0 Å². The van der Waals surface area contributed by atoms with Crippen molar-refractivity contribution in [2.45, 2.75) is 19.9 Å². The highest BCUT2D eigenvalue weighted by Gasteiger charge is 2.06. The molecular weight excluding hydrogens is 322 g/mol. The van der Waals surface area contributed by atoms with E-state index in [9.17, 15) is 0 Å². The molecule has 0 heterocycles. The second-order valence-corrected chi connectivity index (χ2v) is 5.84. The minimum Gasteiger partial charge on any atom is -0.313 e. The van der Waals surface area contributed by atoms with Crippen molar-refractivity contribution in [2.24, 2.45) is 0 Å². The van der Waals surface area contributed by atoms with E-state index in [1.54, 1.807) is 0 Å². The van der Waals surface area contributed by atoms with Gasteiger partial charge in [-0.15, -0.1) is 0 Å². The maximum atomic E-state index is 6.11. The lowest BCUT2D eigenvalue weighted by atomic mass is 10.00. The molecule has 2 aromatic carbocycles. The van der Waals surface area contributed by atoms with Gasteiger partial charge in [-0.2, -0.15) is 0 Å². The number of rotatable bonds is 5. The second-order valence-electron chi connectivity index (χ2n) is 4.49. The maximum absolute atomic E-state index is 6.11. The first-order chi connectivity index (χ1) is 9.20. The molecule has 0 bridgehead atoms. The van der Waals surface area contributed by atoms with Gasteiger partial charge in [-0.3, -0.25) is 0 Å². The third-order valence-electron chi connectivity index (χ3n) is 2.95. The molecule has 0 spiro atoms. The van der Waals surface area contributed by atoms with Gasteiger partial charge in [0.05, 0.1) is 0 Å². The first kappa shape index (κ1) is 14.6. The molecule has 0 amide bonds. The lowest BCUT2D eigenvalue weighted by Crippen LogP contribution is -2.14. The molecule has 2 aromatic rings. The summed E-state index contributed by atoms with van der Waals surface area (Å²) in [6.45, 7) is 4.03. The van der Waals surface area contributed by atoms with Gasteiger partial charge < -0.3 is 5.32 Å². The molecule has 1 nitrogen and oxygen atoms in total. The van der Waals surface area contributed by atoms with Crippen molar-refractivity contribution in [3.05, 3.63) is 57.5 Å². The van der Waals surface area contributed by atoms with E-state index in [4.69, 9.17) is 11.6 Å². The van der Waals surface area contributed by atoms with Crippen molar-refractivity contribution in [1.29, 1.82) is 0 Å². The fraction of sp³-hybridized carbons (Fsp3) is 0.250. The average Bonchev–Trinajstić information content (AvgIpc) is 2.39. The first-order valence-corrected chi connectivity index (χ1v) is 7.63. The van der Waals surface area contributed by atoms with Gasteiger partial charge in [-0.05, 0) is 53.9 Å². The Balaban J connectivity index is 2.33. The molecule has 0 aromatic heterocycles. The van der Waals surface area contributed by atoms with E-state index in [-0.39, 0.29) is 0 Å². The van der Waals surface area contributed by atoms with Gasteiger partial charge in [-0.25, -0.2) is 0 Å². The molecule has 0 saturated heterocycles. The fourth-order valence-corrected chi connectivity index (χ4v) is 2.64. The molecule has 19 heavy (non-hydrogen) atoms. The highest BCUT2D eigenvalue weighted by atomic mass is 79.9. The Bertz CT molecular complexity index is 554. The predicted molar refractivity (Wildman–Crippen MR) is 86.6 cm³/mol. The molecule has 0 fully saturated rings. The lowest BCUT2D eigenvalue weighted by Gasteiger charge is -2.11. The molecule has 0 unspecified atom stereocenters. The Morgan fingerprint density at radius 2 is 2.00 bits per heavy atom. The molecule has 0 radical (unpaired) electrons. The number of hydrogen-bond acceptors (Lipinski definition) is 1. The Kier molecular flexibility index (Phi) is 5.44. The molecule has 3 heteroatoms. The van der Waals surface area contributed by atoms with E-state index in [0.717, 1.165) is 29.0 Å². The van der Waals surface area contributed by atoms with Crippen LogP contribution in [0, 0.1) is 0 Å². The normalized spacial score (nSPS) is 10.7. The molecule has 100 valence electrons. The molecule has 2 rings (SSSR count). The fourth-order valence-electron chi connectivity index (χ4n) is 2.05. The van der Waals surface area contributed by atoms with Crippen molar-refractivity contribution in [3.8, 4) is 11.1 Å². The van der Waals surface area contributed by atoms with Crippen molar-refractivity contribution < 1.29 is 0 Å². The van der Waals surface area contributed by atoms with Crippen LogP contribution in [0.25, 0.3) is 11.1 Å². The summed E-state index contributed by atoms with van der Waals surface area (Å²) in [6, 6.07) is 14.4. The average molecular weight is 339 g/mol. The Morgan fingerprint density at radius 1 is 1.16 bits per heavy atom. The van der Waals surface area contributed by atoms with Gasteiger partial charge in [0.25, 0.3) is 0 Å². The largest absolute Gasteiger partial charge is 0.313 e. The van der Waals surface area contributed by atoms with E-state index in [2.05, 4.69) is 52.4 Å². The van der Waals surface area contributed by atoms with Gasteiger partial charge >= 0.3 is 0 Å². The maximum Gasteiger partial charge on any atom is 0.0409 e. The molecule has 0 saturated carbocycles. The number of nitrogens with one attached hydrogen (secondary N) is 1. The summed E-state index contributed by atoms with van der Waals surface area (Å²) >= 11 is 9.63. The first-order valence-electron chi connectivity index (χ1n) is 6.46. The Hall–Kier alpha value is -0.830. The number of benzene rings is 2. The van der Waals surface area contributed by atoms with Gasteiger partial charge in [-0.1, -0.05) is 52.7 Å². The smallest absolute Gasteiger partial charge is 0.0409 e. The van der Waals surface area contributed by atoms with E-state index in [1.807, 2.05) is 18.2 Å². The summed E-state index contributed by atoms with van der Waals surface area (Å²) < 4.78 is 1.09. The summed E-state index contributed by atoms with van der Waals surface area (Å²) in [5, 5.41) is 4.22. The zero-order valence-electron chi connectivity index (χ0n) is 10.9. The quantitative estimate of drug-likeness (QED) is 0.732. The summed E-state index contributed by atoms with van der Waals surface area (Å²) in [6.07, 6.45) is 1.13. The summed E-state index contributed by atoms with van der Waals surface area (Å²) in [5.74, 6) is 0. The van der Waals surface area contributed by atoms with Crippen LogP contribution in [0.1, 0.15) is 18.9 Å². The van der Waals surface area contributed by atoms with Crippen LogP contribution < -0.4 is 5.32 Å². The third-order valence-corrected chi connectivity index (χ3v) is 3.67. The second kappa shape index (κ2) is 7.09. The monoisotopic (exact) mass is 337 g/mol. The Labute approximate surface area is 128 Å². The van der Waals surface area contributed by atoms with E-state index in [1.165, 1.54) is 16.7 Å². The van der Waals surface area contributed by atoms with Gasteiger partial charge in [0.2, 0.25) is 0 Å². The van der Waals surface area contributed by atoms with Crippen LogP contribution in [0.3, 0.4) is 0 Å². The van der Waals surface area contributed by atoms with Crippen molar-refractivity contribution >= 4 is 27.5 Å². The van der Waals surface area contributed by atoms with Crippen LogP contribution in [-0.2, 0) is 6.54 Å². The summed E-state index contributed by atoms with van der Waals surface area (Å²) in [4.78, 5) is 0. The topological polar surface area (TPSA) is 12.0 Å². The Morgan fingerprint density at radius 3 is 2.74 bits per heavy atom. The van der Waals surface area contributed by atoms with Crippen molar-refractivity contribution in [2.75, 3.05) is 6.54 Å². The van der Waals surface area contributed by atoms with E-state index in [0.29, 0.717) is 0 Å². The molecular formula is C16H17BrClN. The van der Waals surface area contributed by atoms with Crippen molar-refractivity contribution in [1.82, 2.24) is 5.32 Å².